The van der Waals surface area contributed by atoms with Gasteiger partial charge in [0.2, 0.25) is 11.8 Å². The van der Waals surface area contributed by atoms with Gasteiger partial charge in [-0.1, -0.05) is 42.5 Å². The maximum atomic E-state index is 11.7. The summed E-state index contributed by atoms with van der Waals surface area (Å²) in [4.78, 5) is 23.5. The number of rotatable bonds is 6. The Kier molecular flexibility index (Phi) is 5.89. The predicted octanol–water partition coefficient (Wildman–Crippen LogP) is 1.53. The summed E-state index contributed by atoms with van der Waals surface area (Å²) in [6.45, 7) is 0.307. The monoisotopic (exact) mass is 307 g/mol. The van der Waals surface area contributed by atoms with Gasteiger partial charge in [0.1, 0.15) is 0 Å². The van der Waals surface area contributed by atoms with Crippen LogP contribution in [0.5, 0.6) is 0 Å². The van der Waals surface area contributed by atoms with Crippen molar-refractivity contribution in [2.45, 2.75) is 13.0 Å². The minimum atomic E-state index is -0.254. The van der Waals surface area contributed by atoms with E-state index in [1.54, 1.807) is 24.3 Å². The molecule has 0 radical (unpaired) electrons. The van der Waals surface area contributed by atoms with Crippen molar-refractivity contribution >= 4 is 11.8 Å². The molecule has 2 N–H and O–H groups in total. The van der Waals surface area contributed by atoms with E-state index in [4.69, 9.17) is 5.26 Å². The topological polar surface area (TPSA) is 82.0 Å². The van der Waals surface area contributed by atoms with E-state index < -0.39 is 0 Å². The zero-order chi connectivity index (χ0) is 16.5. The van der Waals surface area contributed by atoms with E-state index in [9.17, 15) is 9.59 Å². The number of hydrogen-bond donors (Lipinski definition) is 2. The van der Waals surface area contributed by atoms with Gasteiger partial charge in [0.25, 0.3) is 0 Å². The third-order valence-corrected chi connectivity index (χ3v) is 3.23. The molecule has 2 aromatic carbocycles. The van der Waals surface area contributed by atoms with Crippen LogP contribution in [0.4, 0.5) is 0 Å². The largest absolute Gasteiger partial charge is 0.350 e. The number of nitrogens with one attached hydrogen (secondary N) is 2. The molecule has 116 valence electrons. The van der Waals surface area contributed by atoms with Crippen LogP contribution in [0, 0.1) is 11.3 Å². The molecule has 0 aliphatic rings. The first-order valence-corrected chi connectivity index (χ1v) is 7.24. The van der Waals surface area contributed by atoms with Gasteiger partial charge in [0.15, 0.2) is 0 Å². The molecule has 0 aliphatic carbocycles. The zero-order valence-corrected chi connectivity index (χ0v) is 12.6. The molecule has 5 nitrogen and oxygen atoms in total. The van der Waals surface area contributed by atoms with Crippen molar-refractivity contribution in [2.75, 3.05) is 6.54 Å². The Balaban J connectivity index is 1.70. The Morgan fingerprint density at radius 2 is 1.57 bits per heavy atom. The molecule has 0 atom stereocenters. The van der Waals surface area contributed by atoms with Gasteiger partial charge in [-0.05, 0) is 23.3 Å². The molecule has 2 amide bonds. The molecule has 23 heavy (non-hydrogen) atoms. The van der Waals surface area contributed by atoms with Crippen LogP contribution in [0.1, 0.15) is 16.7 Å². The normalized spacial score (nSPS) is 9.70. The molecular formula is C18H17N3O2. The number of hydrogen-bond acceptors (Lipinski definition) is 3. The van der Waals surface area contributed by atoms with Crippen LogP contribution in [0.2, 0.25) is 0 Å². The minimum Gasteiger partial charge on any atom is -0.350 e. The second-order valence-electron chi connectivity index (χ2n) is 5.02. The summed E-state index contributed by atoms with van der Waals surface area (Å²) >= 11 is 0. The highest BCUT2D eigenvalue weighted by molar-refractivity contribution is 5.85. The quantitative estimate of drug-likeness (QED) is 0.849. The fraction of sp³-hybridized carbons (Fsp3) is 0.167. The van der Waals surface area contributed by atoms with Crippen molar-refractivity contribution in [3.63, 3.8) is 0 Å². The van der Waals surface area contributed by atoms with Crippen LogP contribution < -0.4 is 10.6 Å². The second kappa shape index (κ2) is 8.35. The van der Waals surface area contributed by atoms with E-state index in [0.29, 0.717) is 12.1 Å². The van der Waals surface area contributed by atoms with E-state index in [-0.39, 0.29) is 24.8 Å². The van der Waals surface area contributed by atoms with E-state index in [2.05, 4.69) is 10.6 Å². The second-order valence-corrected chi connectivity index (χ2v) is 5.02. The molecule has 0 saturated heterocycles. The van der Waals surface area contributed by atoms with Crippen LogP contribution in [0.15, 0.2) is 54.6 Å². The Morgan fingerprint density at radius 1 is 0.870 bits per heavy atom. The highest BCUT2D eigenvalue weighted by Crippen LogP contribution is 2.02. The van der Waals surface area contributed by atoms with Crippen LogP contribution in [0.25, 0.3) is 0 Å². The van der Waals surface area contributed by atoms with Gasteiger partial charge in [-0.25, -0.2) is 0 Å². The maximum absolute atomic E-state index is 11.7. The molecule has 0 aliphatic heterocycles. The standard InChI is InChI=1S/C18H17N3O2/c19-11-15-6-8-16(9-7-15)12-20-18(23)13-21-17(22)10-14-4-2-1-3-5-14/h1-9H,10,12-13H2,(H,20,23)(H,21,22). The van der Waals surface area contributed by atoms with Crippen molar-refractivity contribution in [3.8, 4) is 6.07 Å². The summed E-state index contributed by atoms with van der Waals surface area (Å²) < 4.78 is 0. The lowest BCUT2D eigenvalue weighted by Crippen LogP contribution is -2.37. The van der Waals surface area contributed by atoms with E-state index in [1.807, 2.05) is 36.4 Å². The highest BCUT2D eigenvalue weighted by atomic mass is 16.2. The number of benzene rings is 2. The van der Waals surface area contributed by atoms with Crippen molar-refractivity contribution in [3.05, 3.63) is 71.3 Å². The summed E-state index contributed by atoms with van der Waals surface area (Å²) in [5, 5.41) is 14.0. The van der Waals surface area contributed by atoms with Gasteiger partial charge in [0, 0.05) is 6.54 Å². The van der Waals surface area contributed by atoms with Gasteiger partial charge in [0.05, 0.1) is 24.6 Å². The highest BCUT2D eigenvalue weighted by Gasteiger charge is 2.06. The first-order valence-electron chi connectivity index (χ1n) is 7.24. The summed E-state index contributed by atoms with van der Waals surface area (Å²) in [6.07, 6.45) is 0.254. The molecule has 0 unspecified atom stereocenters. The zero-order valence-electron chi connectivity index (χ0n) is 12.6. The first-order chi connectivity index (χ1) is 11.2. The lowest BCUT2D eigenvalue weighted by molar-refractivity contribution is -0.125. The lowest BCUT2D eigenvalue weighted by atomic mass is 10.1. The molecule has 0 heterocycles. The van der Waals surface area contributed by atoms with Gasteiger partial charge in [-0.3, -0.25) is 9.59 Å². The van der Waals surface area contributed by atoms with E-state index in [0.717, 1.165) is 11.1 Å². The number of nitrogens with zero attached hydrogens (tertiary/aromatic N) is 1. The van der Waals surface area contributed by atoms with Gasteiger partial charge in [-0.2, -0.15) is 5.26 Å². The molecular weight excluding hydrogens is 290 g/mol. The SMILES string of the molecule is N#Cc1ccc(CNC(=O)CNC(=O)Cc2ccccc2)cc1. The Bertz CT molecular complexity index is 703. The Morgan fingerprint density at radius 3 is 2.22 bits per heavy atom. The van der Waals surface area contributed by atoms with E-state index in [1.165, 1.54) is 0 Å². The van der Waals surface area contributed by atoms with Gasteiger partial charge in [-0.15, -0.1) is 0 Å². The lowest BCUT2D eigenvalue weighted by Gasteiger charge is -2.07. The number of amides is 2. The first kappa shape index (κ1) is 16.2. The fourth-order valence-corrected chi connectivity index (χ4v) is 1.98. The van der Waals surface area contributed by atoms with Crippen molar-refractivity contribution in [1.29, 1.82) is 5.26 Å². The Hall–Kier alpha value is -3.13. The van der Waals surface area contributed by atoms with Gasteiger partial charge >= 0.3 is 0 Å². The Labute approximate surface area is 134 Å². The molecule has 2 rings (SSSR count). The summed E-state index contributed by atoms with van der Waals surface area (Å²) in [5.74, 6) is -0.444. The van der Waals surface area contributed by atoms with E-state index >= 15 is 0 Å². The van der Waals surface area contributed by atoms with Crippen LogP contribution >= 0.6 is 0 Å². The average molecular weight is 307 g/mol. The summed E-state index contributed by atoms with van der Waals surface area (Å²) in [5.41, 5.74) is 2.38. The molecule has 0 spiro atoms. The molecule has 0 fully saturated rings. The number of carbonyl (C=O) groups is 2. The molecule has 5 heteroatoms. The maximum Gasteiger partial charge on any atom is 0.239 e. The van der Waals surface area contributed by atoms with Crippen LogP contribution in [0.3, 0.4) is 0 Å². The molecule has 0 saturated carbocycles. The number of nitriles is 1. The predicted molar refractivity (Wildman–Crippen MR) is 86.2 cm³/mol. The summed E-state index contributed by atoms with van der Waals surface area (Å²) in [7, 11) is 0. The number of carbonyl (C=O) groups excluding carboxylic acids is 2. The van der Waals surface area contributed by atoms with Crippen LogP contribution in [-0.4, -0.2) is 18.4 Å². The minimum absolute atomic E-state index is 0.0536. The molecule has 2 aromatic rings. The van der Waals surface area contributed by atoms with Crippen molar-refractivity contribution < 1.29 is 9.59 Å². The average Bonchev–Trinajstić information content (AvgIpc) is 2.59. The fourth-order valence-electron chi connectivity index (χ4n) is 1.98. The molecule has 0 bridgehead atoms. The van der Waals surface area contributed by atoms with Crippen molar-refractivity contribution in [1.82, 2.24) is 10.6 Å². The third-order valence-electron chi connectivity index (χ3n) is 3.23. The van der Waals surface area contributed by atoms with Gasteiger partial charge < -0.3 is 10.6 Å². The summed E-state index contributed by atoms with van der Waals surface area (Å²) in [6, 6.07) is 18.4. The third kappa shape index (κ3) is 5.64. The van der Waals surface area contributed by atoms with Crippen LogP contribution in [-0.2, 0) is 22.6 Å². The van der Waals surface area contributed by atoms with Crippen molar-refractivity contribution in [2.24, 2.45) is 0 Å². The smallest absolute Gasteiger partial charge is 0.239 e. The molecule has 0 aromatic heterocycles.